The number of hydrogen-bond acceptors (Lipinski definition) is 6. The SMILES string of the molecule is O=C(Nc1c(OC(=O)C(F)(F)F)cc(Cl)cc1C(=O)Nc1ccc(Cl)cn1)C1=CCNCC1. The number of aromatic nitrogens is 1. The summed E-state index contributed by atoms with van der Waals surface area (Å²) in [6, 6.07) is 4.82. The Morgan fingerprint density at radius 1 is 1.06 bits per heavy atom. The number of anilines is 2. The molecule has 2 amide bonds. The Balaban J connectivity index is 2.01. The van der Waals surface area contributed by atoms with Crippen LogP contribution in [-0.4, -0.2) is 42.0 Å². The van der Waals surface area contributed by atoms with E-state index in [1.54, 1.807) is 6.08 Å². The molecule has 0 aliphatic carbocycles. The van der Waals surface area contributed by atoms with Gasteiger partial charge < -0.3 is 20.7 Å². The van der Waals surface area contributed by atoms with Crippen LogP contribution in [0.25, 0.3) is 0 Å². The molecule has 0 saturated heterocycles. The molecule has 0 bridgehead atoms. The number of hydrogen-bond donors (Lipinski definition) is 3. The molecule has 3 rings (SSSR count). The fourth-order valence-electron chi connectivity index (χ4n) is 2.78. The van der Waals surface area contributed by atoms with Crippen molar-refractivity contribution >= 4 is 52.5 Å². The van der Waals surface area contributed by atoms with Crippen molar-refractivity contribution in [1.82, 2.24) is 10.3 Å². The van der Waals surface area contributed by atoms with Gasteiger partial charge in [-0.3, -0.25) is 9.59 Å². The van der Waals surface area contributed by atoms with Crippen LogP contribution < -0.4 is 20.7 Å². The van der Waals surface area contributed by atoms with Crippen molar-refractivity contribution in [1.29, 1.82) is 0 Å². The number of carbonyl (C=O) groups excluding carboxylic acids is 3. The van der Waals surface area contributed by atoms with E-state index in [0.29, 0.717) is 30.1 Å². The molecule has 33 heavy (non-hydrogen) atoms. The van der Waals surface area contributed by atoms with Gasteiger partial charge in [-0.15, -0.1) is 0 Å². The lowest BCUT2D eigenvalue weighted by Gasteiger charge is -2.19. The highest BCUT2D eigenvalue weighted by Crippen LogP contribution is 2.35. The van der Waals surface area contributed by atoms with Gasteiger partial charge in [0, 0.05) is 29.4 Å². The van der Waals surface area contributed by atoms with Gasteiger partial charge in [0.15, 0.2) is 5.75 Å². The average Bonchev–Trinajstić information content (AvgIpc) is 2.76. The third-order valence-corrected chi connectivity index (χ3v) is 4.75. The van der Waals surface area contributed by atoms with E-state index < -0.39 is 35.4 Å². The monoisotopic (exact) mass is 502 g/mol. The Bertz CT molecular complexity index is 1120. The molecule has 0 unspecified atom stereocenters. The third-order valence-electron chi connectivity index (χ3n) is 4.31. The first-order valence-electron chi connectivity index (χ1n) is 9.31. The molecular formula is C20H15Cl2F3N4O4. The van der Waals surface area contributed by atoms with Crippen molar-refractivity contribution in [3.63, 3.8) is 0 Å². The van der Waals surface area contributed by atoms with E-state index in [-0.39, 0.29) is 16.4 Å². The molecule has 1 aliphatic rings. The average molecular weight is 503 g/mol. The highest BCUT2D eigenvalue weighted by molar-refractivity contribution is 6.32. The smallest absolute Gasteiger partial charge is 0.418 e. The molecule has 1 aliphatic heterocycles. The van der Waals surface area contributed by atoms with Crippen LogP contribution in [0.5, 0.6) is 5.75 Å². The Hall–Kier alpha value is -3.15. The molecule has 13 heteroatoms. The number of alkyl halides is 3. The summed E-state index contributed by atoms with van der Waals surface area (Å²) in [5.41, 5.74) is -0.484. The number of halogens is 5. The molecular weight excluding hydrogens is 488 g/mol. The quantitative estimate of drug-likeness (QED) is 0.421. The zero-order chi connectivity index (χ0) is 24.2. The lowest BCUT2D eigenvalue weighted by Crippen LogP contribution is -2.30. The zero-order valence-electron chi connectivity index (χ0n) is 16.6. The largest absolute Gasteiger partial charge is 0.491 e. The lowest BCUT2D eigenvalue weighted by atomic mass is 10.1. The Morgan fingerprint density at radius 2 is 1.82 bits per heavy atom. The summed E-state index contributed by atoms with van der Waals surface area (Å²) in [5.74, 6) is -4.79. The number of esters is 1. The van der Waals surface area contributed by atoms with Crippen LogP contribution in [0.1, 0.15) is 16.8 Å². The first kappa shape index (κ1) is 24.5. The summed E-state index contributed by atoms with van der Waals surface area (Å²) < 4.78 is 42.8. The predicted octanol–water partition coefficient (Wildman–Crippen LogP) is 3.97. The molecule has 2 heterocycles. The Morgan fingerprint density at radius 3 is 2.42 bits per heavy atom. The van der Waals surface area contributed by atoms with Crippen molar-refractivity contribution in [2.75, 3.05) is 23.7 Å². The molecule has 1 aromatic carbocycles. The maximum absolute atomic E-state index is 12.9. The van der Waals surface area contributed by atoms with E-state index >= 15 is 0 Å². The van der Waals surface area contributed by atoms with E-state index in [9.17, 15) is 27.6 Å². The highest BCUT2D eigenvalue weighted by atomic mass is 35.5. The van der Waals surface area contributed by atoms with E-state index in [1.807, 2.05) is 0 Å². The fourth-order valence-corrected chi connectivity index (χ4v) is 3.10. The second-order valence-corrected chi connectivity index (χ2v) is 7.54. The Kier molecular flexibility index (Phi) is 7.57. The minimum Gasteiger partial charge on any atom is -0.418 e. The molecule has 174 valence electrons. The van der Waals surface area contributed by atoms with Gasteiger partial charge in [-0.2, -0.15) is 13.2 Å². The van der Waals surface area contributed by atoms with Crippen LogP contribution in [-0.2, 0) is 9.59 Å². The Labute approximate surface area is 195 Å². The van der Waals surface area contributed by atoms with E-state index in [0.717, 1.165) is 12.1 Å². The summed E-state index contributed by atoms with van der Waals surface area (Å²) in [6.07, 6.45) is -2.13. The maximum atomic E-state index is 12.9. The first-order chi connectivity index (χ1) is 15.5. The summed E-state index contributed by atoms with van der Waals surface area (Å²) in [6.45, 7) is 0.917. The highest BCUT2D eigenvalue weighted by Gasteiger charge is 2.42. The van der Waals surface area contributed by atoms with Gasteiger partial charge in [-0.05, 0) is 31.2 Å². The van der Waals surface area contributed by atoms with Crippen molar-refractivity contribution in [3.8, 4) is 5.75 Å². The van der Waals surface area contributed by atoms with Crippen LogP contribution >= 0.6 is 23.2 Å². The minimum atomic E-state index is -5.32. The predicted molar refractivity (Wildman–Crippen MR) is 115 cm³/mol. The van der Waals surface area contributed by atoms with Crippen molar-refractivity contribution < 1.29 is 32.3 Å². The molecule has 0 radical (unpaired) electrons. The number of carbonyl (C=O) groups is 3. The number of ether oxygens (including phenoxy) is 1. The van der Waals surface area contributed by atoms with Crippen molar-refractivity contribution in [3.05, 3.63) is 57.7 Å². The lowest BCUT2D eigenvalue weighted by molar-refractivity contribution is -0.189. The van der Waals surface area contributed by atoms with Gasteiger partial charge in [0.05, 0.1) is 16.3 Å². The number of nitrogens with one attached hydrogen (secondary N) is 3. The van der Waals surface area contributed by atoms with Gasteiger partial charge in [-0.1, -0.05) is 29.3 Å². The molecule has 1 aromatic heterocycles. The first-order valence-corrected chi connectivity index (χ1v) is 10.1. The number of pyridine rings is 1. The summed E-state index contributed by atoms with van der Waals surface area (Å²) in [5, 5.41) is 7.88. The fraction of sp³-hybridized carbons (Fsp3) is 0.200. The van der Waals surface area contributed by atoms with Crippen LogP contribution in [0, 0.1) is 0 Å². The number of rotatable bonds is 5. The third kappa shape index (κ3) is 6.44. The van der Waals surface area contributed by atoms with E-state index in [4.69, 9.17) is 23.2 Å². The molecule has 2 aromatic rings. The van der Waals surface area contributed by atoms with Gasteiger partial charge >= 0.3 is 12.1 Å². The van der Waals surface area contributed by atoms with Gasteiger partial charge in [0.25, 0.3) is 11.8 Å². The summed E-state index contributed by atoms with van der Waals surface area (Å²) >= 11 is 11.7. The molecule has 0 fully saturated rings. The second kappa shape index (κ2) is 10.2. The van der Waals surface area contributed by atoms with E-state index in [2.05, 4.69) is 25.7 Å². The maximum Gasteiger partial charge on any atom is 0.491 e. The van der Waals surface area contributed by atoms with E-state index in [1.165, 1.54) is 18.3 Å². The van der Waals surface area contributed by atoms with Gasteiger partial charge in [0.1, 0.15) is 5.82 Å². The minimum absolute atomic E-state index is 0.0663. The summed E-state index contributed by atoms with van der Waals surface area (Å²) in [7, 11) is 0. The number of benzene rings is 1. The molecule has 8 nitrogen and oxygen atoms in total. The topological polar surface area (TPSA) is 109 Å². The van der Waals surface area contributed by atoms with Crippen molar-refractivity contribution in [2.24, 2.45) is 0 Å². The molecule has 0 spiro atoms. The van der Waals surface area contributed by atoms with Crippen molar-refractivity contribution in [2.45, 2.75) is 12.6 Å². The van der Waals surface area contributed by atoms with Crippen LogP contribution in [0.3, 0.4) is 0 Å². The van der Waals surface area contributed by atoms with Gasteiger partial charge in [-0.25, -0.2) is 9.78 Å². The van der Waals surface area contributed by atoms with Gasteiger partial charge in [0.2, 0.25) is 0 Å². The van der Waals surface area contributed by atoms with Crippen LogP contribution in [0.2, 0.25) is 10.0 Å². The number of nitrogens with zero attached hydrogens (tertiary/aromatic N) is 1. The zero-order valence-corrected chi connectivity index (χ0v) is 18.1. The second-order valence-electron chi connectivity index (χ2n) is 6.67. The van der Waals surface area contributed by atoms with Crippen LogP contribution in [0.15, 0.2) is 42.1 Å². The number of amides is 2. The molecule has 0 saturated carbocycles. The standard InChI is InChI=1S/C20H15Cl2F3N4O4/c21-11-1-2-15(27-9-11)28-18(31)13-7-12(22)8-14(33-19(32)20(23,24)25)16(13)29-17(30)10-3-5-26-6-4-10/h1-3,7-9,26H,4-6H2,(H,29,30)(H,27,28,31). The molecule has 0 atom stereocenters. The summed E-state index contributed by atoms with van der Waals surface area (Å²) in [4.78, 5) is 40.9. The normalized spacial score (nSPS) is 13.7. The van der Waals surface area contributed by atoms with Crippen LogP contribution in [0.4, 0.5) is 24.7 Å². The molecule has 3 N–H and O–H groups in total.